The van der Waals surface area contributed by atoms with Crippen molar-refractivity contribution in [3.05, 3.63) is 39.9 Å². The fourth-order valence-corrected chi connectivity index (χ4v) is 2.14. The van der Waals surface area contributed by atoms with Crippen LogP contribution in [-0.2, 0) is 13.6 Å². The average molecular weight is 283 g/mol. The number of nitrogen functional groups attached to an aromatic ring is 1. The summed E-state index contributed by atoms with van der Waals surface area (Å²) >= 11 is 5.75. The van der Waals surface area contributed by atoms with Gasteiger partial charge in [0.1, 0.15) is 5.82 Å². The molecule has 0 aliphatic heterocycles. The summed E-state index contributed by atoms with van der Waals surface area (Å²) < 4.78 is 15.0. The van der Waals surface area contributed by atoms with Gasteiger partial charge < -0.3 is 11.1 Å². The predicted molar refractivity (Wildman–Crippen MR) is 75.8 cm³/mol. The van der Waals surface area contributed by atoms with Gasteiger partial charge in [-0.25, -0.2) is 4.39 Å². The van der Waals surface area contributed by atoms with E-state index in [0.717, 1.165) is 17.0 Å². The van der Waals surface area contributed by atoms with Crippen LogP contribution in [-0.4, -0.2) is 9.78 Å². The largest absolute Gasteiger partial charge is 0.397 e. The van der Waals surface area contributed by atoms with Crippen molar-refractivity contribution < 1.29 is 4.39 Å². The first kappa shape index (κ1) is 13.7. The Bertz CT molecular complexity index is 622. The van der Waals surface area contributed by atoms with Crippen LogP contribution in [0.1, 0.15) is 17.0 Å². The Morgan fingerprint density at radius 1 is 1.42 bits per heavy atom. The molecule has 3 N–H and O–H groups in total. The van der Waals surface area contributed by atoms with E-state index in [2.05, 4.69) is 10.4 Å². The zero-order chi connectivity index (χ0) is 14.2. The molecule has 0 saturated carbocycles. The first-order chi connectivity index (χ1) is 8.90. The van der Waals surface area contributed by atoms with Gasteiger partial charge in [0.05, 0.1) is 22.1 Å². The Balaban J connectivity index is 2.21. The number of nitrogens with zero attached hydrogens (tertiary/aromatic N) is 2. The van der Waals surface area contributed by atoms with Gasteiger partial charge in [0.2, 0.25) is 0 Å². The zero-order valence-electron chi connectivity index (χ0n) is 11.1. The SMILES string of the molecule is Cc1nn(C)c(C)c1CNc1cc(Cl)c(F)cc1N. The molecule has 6 heteroatoms. The third-order valence-electron chi connectivity index (χ3n) is 3.21. The Morgan fingerprint density at radius 3 is 2.68 bits per heavy atom. The second-order valence-corrected chi connectivity index (χ2v) is 4.89. The van der Waals surface area contributed by atoms with Gasteiger partial charge in [-0.2, -0.15) is 5.10 Å². The minimum absolute atomic E-state index is 0.0522. The maximum absolute atomic E-state index is 13.2. The molecule has 4 nitrogen and oxygen atoms in total. The lowest BCUT2D eigenvalue weighted by Gasteiger charge is -2.10. The van der Waals surface area contributed by atoms with Crippen molar-refractivity contribution in [2.75, 3.05) is 11.1 Å². The van der Waals surface area contributed by atoms with Crippen molar-refractivity contribution >= 4 is 23.0 Å². The minimum Gasteiger partial charge on any atom is -0.397 e. The van der Waals surface area contributed by atoms with E-state index in [-0.39, 0.29) is 5.02 Å². The molecular formula is C13H16ClFN4. The second-order valence-electron chi connectivity index (χ2n) is 4.48. The summed E-state index contributed by atoms with van der Waals surface area (Å²) in [7, 11) is 1.90. The van der Waals surface area contributed by atoms with Gasteiger partial charge in [0, 0.05) is 30.9 Å². The molecule has 1 heterocycles. The molecule has 0 spiro atoms. The van der Waals surface area contributed by atoms with E-state index in [1.165, 1.54) is 12.1 Å². The number of rotatable bonds is 3. The molecule has 19 heavy (non-hydrogen) atoms. The van der Waals surface area contributed by atoms with Crippen molar-refractivity contribution in [2.24, 2.45) is 7.05 Å². The van der Waals surface area contributed by atoms with Crippen LogP contribution in [0.25, 0.3) is 0 Å². The average Bonchev–Trinajstić information content (AvgIpc) is 2.57. The van der Waals surface area contributed by atoms with Crippen LogP contribution in [0, 0.1) is 19.7 Å². The van der Waals surface area contributed by atoms with Crippen LogP contribution >= 0.6 is 11.6 Å². The lowest BCUT2D eigenvalue weighted by molar-refractivity contribution is 0.629. The van der Waals surface area contributed by atoms with Gasteiger partial charge in [0.25, 0.3) is 0 Å². The molecule has 0 unspecified atom stereocenters. The molecule has 1 aromatic carbocycles. The third-order valence-corrected chi connectivity index (χ3v) is 3.50. The van der Waals surface area contributed by atoms with Gasteiger partial charge in [-0.15, -0.1) is 0 Å². The molecule has 0 amide bonds. The first-order valence-electron chi connectivity index (χ1n) is 5.87. The lowest BCUT2D eigenvalue weighted by Crippen LogP contribution is -2.05. The number of halogens is 2. The van der Waals surface area contributed by atoms with Gasteiger partial charge in [-0.1, -0.05) is 11.6 Å². The van der Waals surface area contributed by atoms with Crippen LogP contribution in [0.5, 0.6) is 0 Å². The Hall–Kier alpha value is -1.75. The van der Waals surface area contributed by atoms with Gasteiger partial charge in [-0.05, 0) is 19.9 Å². The Kier molecular flexibility index (Phi) is 3.66. The van der Waals surface area contributed by atoms with Crippen LogP contribution in [0.15, 0.2) is 12.1 Å². The summed E-state index contributed by atoms with van der Waals surface area (Å²) in [6, 6.07) is 2.71. The molecule has 0 radical (unpaired) electrons. The highest BCUT2D eigenvalue weighted by atomic mass is 35.5. The van der Waals surface area contributed by atoms with Crippen LogP contribution in [0.2, 0.25) is 5.02 Å². The van der Waals surface area contributed by atoms with E-state index in [4.69, 9.17) is 17.3 Å². The van der Waals surface area contributed by atoms with Crippen LogP contribution in [0.3, 0.4) is 0 Å². The standard InChI is InChI=1S/C13H16ClFN4/c1-7-9(8(2)19(3)18-7)6-17-13-4-10(14)11(15)5-12(13)16/h4-5,17H,6,16H2,1-3H3. The van der Waals surface area contributed by atoms with Crippen LogP contribution in [0.4, 0.5) is 15.8 Å². The number of aryl methyl sites for hydroxylation is 2. The summed E-state index contributed by atoms with van der Waals surface area (Å²) in [4.78, 5) is 0. The predicted octanol–water partition coefficient (Wildman–Crippen LogP) is 3.02. The topological polar surface area (TPSA) is 55.9 Å². The number of benzene rings is 1. The minimum atomic E-state index is -0.515. The molecule has 2 aromatic rings. The van der Waals surface area contributed by atoms with E-state index >= 15 is 0 Å². The molecule has 0 fully saturated rings. The molecule has 0 aliphatic rings. The molecule has 0 saturated heterocycles. The van der Waals surface area contributed by atoms with E-state index in [9.17, 15) is 4.39 Å². The van der Waals surface area contributed by atoms with E-state index in [0.29, 0.717) is 17.9 Å². The van der Waals surface area contributed by atoms with Crippen molar-refractivity contribution in [1.82, 2.24) is 9.78 Å². The van der Waals surface area contributed by atoms with Crippen molar-refractivity contribution in [2.45, 2.75) is 20.4 Å². The third kappa shape index (κ3) is 2.66. The van der Waals surface area contributed by atoms with Crippen molar-refractivity contribution in [3.63, 3.8) is 0 Å². The van der Waals surface area contributed by atoms with Crippen LogP contribution < -0.4 is 11.1 Å². The maximum Gasteiger partial charge on any atom is 0.143 e. The lowest BCUT2D eigenvalue weighted by atomic mass is 10.2. The number of hydrogen-bond donors (Lipinski definition) is 2. The number of anilines is 2. The summed E-state index contributed by atoms with van der Waals surface area (Å²) in [5, 5.41) is 7.55. The summed E-state index contributed by atoms with van der Waals surface area (Å²) in [6.45, 7) is 4.51. The van der Waals surface area contributed by atoms with E-state index in [1.54, 1.807) is 0 Å². The highest BCUT2D eigenvalue weighted by molar-refractivity contribution is 6.31. The van der Waals surface area contributed by atoms with Crippen molar-refractivity contribution in [1.29, 1.82) is 0 Å². The van der Waals surface area contributed by atoms with Gasteiger partial charge >= 0.3 is 0 Å². The molecule has 0 atom stereocenters. The fraction of sp³-hybridized carbons (Fsp3) is 0.308. The zero-order valence-corrected chi connectivity index (χ0v) is 11.8. The monoisotopic (exact) mass is 282 g/mol. The molecule has 0 aliphatic carbocycles. The first-order valence-corrected chi connectivity index (χ1v) is 6.25. The maximum atomic E-state index is 13.2. The van der Waals surface area contributed by atoms with E-state index in [1.807, 2.05) is 25.6 Å². The smallest absolute Gasteiger partial charge is 0.143 e. The number of nitrogens with one attached hydrogen (secondary N) is 1. The number of aromatic nitrogens is 2. The number of nitrogens with two attached hydrogens (primary N) is 1. The molecule has 2 rings (SSSR count). The second kappa shape index (κ2) is 5.09. The summed E-state index contributed by atoms with van der Waals surface area (Å²) in [5.74, 6) is -0.515. The normalized spacial score (nSPS) is 10.8. The Morgan fingerprint density at radius 2 is 2.11 bits per heavy atom. The van der Waals surface area contributed by atoms with Gasteiger partial charge in [0.15, 0.2) is 0 Å². The van der Waals surface area contributed by atoms with E-state index < -0.39 is 5.82 Å². The Labute approximate surface area is 116 Å². The number of hydrogen-bond acceptors (Lipinski definition) is 3. The quantitative estimate of drug-likeness (QED) is 0.851. The molecule has 102 valence electrons. The highest BCUT2D eigenvalue weighted by Gasteiger charge is 2.11. The van der Waals surface area contributed by atoms with Crippen molar-refractivity contribution in [3.8, 4) is 0 Å². The molecular weight excluding hydrogens is 267 g/mol. The molecule has 1 aromatic heterocycles. The van der Waals surface area contributed by atoms with Gasteiger partial charge in [-0.3, -0.25) is 4.68 Å². The fourth-order valence-electron chi connectivity index (χ4n) is 1.97. The summed E-state index contributed by atoms with van der Waals surface area (Å²) in [5.41, 5.74) is 9.85. The molecule has 0 bridgehead atoms. The summed E-state index contributed by atoms with van der Waals surface area (Å²) in [6.07, 6.45) is 0. The highest BCUT2D eigenvalue weighted by Crippen LogP contribution is 2.27.